The summed E-state index contributed by atoms with van der Waals surface area (Å²) in [7, 11) is 0. The molecule has 21 heavy (non-hydrogen) atoms. The second-order valence-electron chi connectivity index (χ2n) is 6.58. The van der Waals surface area contributed by atoms with Gasteiger partial charge < -0.3 is 16.0 Å². The smallest absolute Gasteiger partial charge is 0.185 e. The van der Waals surface area contributed by atoms with Gasteiger partial charge in [-0.25, -0.2) is 0 Å². The monoisotopic (exact) mass is 289 g/mol. The van der Waals surface area contributed by atoms with Crippen molar-refractivity contribution in [2.45, 2.75) is 32.9 Å². The molecule has 116 valence electrons. The van der Waals surface area contributed by atoms with E-state index in [1.54, 1.807) is 0 Å². The van der Waals surface area contributed by atoms with Crippen LogP contribution in [0.25, 0.3) is 0 Å². The lowest BCUT2D eigenvalue weighted by molar-refractivity contribution is 0.128. The molecule has 0 bridgehead atoms. The largest absolute Gasteiger partial charge is 0.370 e. The summed E-state index contributed by atoms with van der Waals surface area (Å²) in [6.45, 7) is 11.8. The van der Waals surface area contributed by atoms with E-state index in [0.717, 1.165) is 31.7 Å². The molecule has 0 radical (unpaired) electrons. The number of nitrogens with two attached hydrogens (primary N) is 1. The van der Waals surface area contributed by atoms with Gasteiger partial charge in [-0.3, -0.25) is 10.3 Å². The molecule has 0 spiro atoms. The minimum atomic E-state index is 0.0115. The molecule has 0 amide bonds. The number of nitrogens with zero attached hydrogens (tertiary/aromatic N) is 2. The van der Waals surface area contributed by atoms with Gasteiger partial charge in [0.25, 0.3) is 0 Å². The Morgan fingerprint density at radius 2 is 1.71 bits per heavy atom. The van der Waals surface area contributed by atoms with Crippen LogP contribution in [-0.4, -0.2) is 42.6 Å². The van der Waals surface area contributed by atoms with Crippen LogP contribution in [0.1, 0.15) is 26.3 Å². The molecule has 5 nitrogen and oxygen atoms in total. The van der Waals surface area contributed by atoms with Crippen LogP contribution in [0.5, 0.6) is 0 Å². The highest BCUT2D eigenvalue weighted by Gasteiger charge is 2.25. The molecule has 1 aliphatic heterocycles. The van der Waals surface area contributed by atoms with E-state index in [0.29, 0.717) is 6.54 Å². The molecule has 0 unspecified atom stereocenters. The third-order valence-corrected chi connectivity index (χ3v) is 4.01. The molecule has 1 fully saturated rings. The van der Waals surface area contributed by atoms with Crippen LogP contribution in [0, 0.1) is 5.41 Å². The number of hydrogen-bond acceptors (Lipinski definition) is 3. The van der Waals surface area contributed by atoms with Crippen molar-refractivity contribution >= 4 is 11.6 Å². The molecule has 1 heterocycles. The number of hydrogen-bond donors (Lipinski definition) is 3. The lowest BCUT2D eigenvalue weighted by atomic mass is 10.0. The van der Waals surface area contributed by atoms with Crippen molar-refractivity contribution in [3.8, 4) is 0 Å². The van der Waals surface area contributed by atoms with Crippen molar-refractivity contribution in [2.24, 2.45) is 5.73 Å². The number of piperazine rings is 1. The molecule has 1 aromatic rings. The molecule has 0 atom stereocenters. The predicted octanol–water partition coefficient (Wildman–Crippen LogP) is 1.59. The fraction of sp³-hybridized carbons (Fsp3) is 0.562. The Morgan fingerprint density at radius 3 is 2.19 bits per heavy atom. The first-order chi connectivity index (χ1) is 9.86. The zero-order valence-corrected chi connectivity index (χ0v) is 13.3. The summed E-state index contributed by atoms with van der Waals surface area (Å²) in [6.07, 6.45) is 0. The van der Waals surface area contributed by atoms with E-state index in [4.69, 9.17) is 11.1 Å². The highest BCUT2D eigenvalue weighted by molar-refractivity contribution is 5.74. The first-order valence-electron chi connectivity index (χ1n) is 7.53. The minimum absolute atomic E-state index is 0.0115. The fourth-order valence-electron chi connectivity index (χ4n) is 2.66. The Hall–Kier alpha value is -1.75. The summed E-state index contributed by atoms with van der Waals surface area (Å²) < 4.78 is 0. The van der Waals surface area contributed by atoms with E-state index in [9.17, 15) is 0 Å². The maximum absolute atomic E-state index is 7.17. The fourth-order valence-corrected chi connectivity index (χ4v) is 2.66. The SMILES string of the molecule is CC(C)(C)N1CCN(c2ccc(CNC(=N)N)cc2)CC1. The van der Waals surface area contributed by atoms with Crippen molar-refractivity contribution in [3.63, 3.8) is 0 Å². The van der Waals surface area contributed by atoms with E-state index >= 15 is 0 Å². The maximum atomic E-state index is 7.17. The molecular formula is C16H27N5. The summed E-state index contributed by atoms with van der Waals surface area (Å²) in [6, 6.07) is 8.51. The Morgan fingerprint density at radius 1 is 1.14 bits per heavy atom. The molecule has 5 heteroatoms. The molecule has 0 saturated carbocycles. The van der Waals surface area contributed by atoms with Crippen LogP contribution < -0.4 is 16.0 Å². The number of guanidine groups is 1. The first kappa shape index (κ1) is 15.6. The van der Waals surface area contributed by atoms with Crippen molar-refractivity contribution in [3.05, 3.63) is 29.8 Å². The first-order valence-corrected chi connectivity index (χ1v) is 7.53. The third-order valence-electron chi connectivity index (χ3n) is 4.01. The van der Waals surface area contributed by atoms with Crippen LogP contribution in [-0.2, 0) is 6.54 Å². The Labute approximate surface area is 127 Å². The average Bonchev–Trinajstić information content (AvgIpc) is 2.45. The lowest BCUT2D eigenvalue weighted by Gasteiger charge is -2.43. The van der Waals surface area contributed by atoms with E-state index in [1.165, 1.54) is 5.69 Å². The quantitative estimate of drug-likeness (QED) is 0.584. The molecular weight excluding hydrogens is 262 g/mol. The maximum Gasteiger partial charge on any atom is 0.185 e. The molecule has 1 saturated heterocycles. The molecule has 0 aromatic heterocycles. The van der Waals surface area contributed by atoms with Crippen molar-refractivity contribution in [1.82, 2.24) is 10.2 Å². The molecule has 0 aliphatic carbocycles. The van der Waals surface area contributed by atoms with Gasteiger partial charge in [-0.15, -0.1) is 0 Å². The molecule has 1 aliphatic rings. The zero-order valence-electron chi connectivity index (χ0n) is 13.3. The number of anilines is 1. The standard InChI is InChI=1S/C16H27N5/c1-16(2,3)21-10-8-20(9-11-21)14-6-4-13(5-7-14)12-19-15(17)18/h4-7H,8-12H2,1-3H3,(H4,17,18,19). The van der Waals surface area contributed by atoms with Crippen LogP contribution in [0.2, 0.25) is 0 Å². The third kappa shape index (κ3) is 4.36. The van der Waals surface area contributed by atoms with E-state index in [-0.39, 0.29) is 11.5 Å². The average molecular weight is 289 g/mol. The van der Waals surface area contributed by atoms with Gasteiger partial charge >= 0.3 is 0 Å². The number of nitrogens with one attached hydrogen (secondary N) is 2. The van der Waals surface area contributed by atoms with Gasteiger partial charge in [0.15, 0.2) is 5.96 Å². The van der Waals surface area contributed by atoms with Crippen molar-refractivity contribution < 1.29 is 0 Å². The van der Waals surface area contributed by atoms with Gasteiger partial charge in [-0.2, -0.15) is 0 Å². The topological polar surface area (TPSA) is 68.4 Å². The van der Waals surface area contributed by atoms with E-state index in [2.05, 4.69) is 60.2 Å². The van der Waals surface area contributed by atoms with Crippen LogP contribution >= 0.6 is 0 Å². The summed E-state index contributed by atoms with van der Waals surface area (Å²) in [4.78, 5) is 4.97. The van der Waals surface area contributed by atoms with Crippen molar-refractivity contribution in [2.75, 3.05) is 31.1 Å². The second kappa shape index (κ2) is 6.35. The van der Waals surface area contributed by atoms with Crippen LogP contribution in [0.4, 0.5) is 5.69 Å². The summed E-state index contributed by atoms with van der Waals surface area (Å²) in [5.41, 5.74) is 7.97. The highest BCUT2D eigenvalue weighted by atomic mass is 15.3. The van der Waals surface area contributed by atoms with Gasteiger partial charge in [0.1, 0.15) is 0 Å². The number of benzene rings is 1. The predicted molar refractivity (Wildman–Crippen MR) is 88.7 cm³/mol. The Balaban J connectivity index is 1.90. The highest BCUT2D eigenvalue weighted by Crippen LogP contribution is 2.21. The zero-order chi connectivity index (χ0) is 15.5. The van der Waals surface area contributed by atoms with Gasteiger partial charge in [-0.1, -0.05) is 12.1 Å². The molecule has 4 N–H and O–H groups in total. The Kier molecular flexibility index (Phi) is 4.73. The van der Waals surface area contributed by atoms with Crippen LogP contribution in [0.3, 0.4) is 0 Å². The molecule has 2 rings (SSSR count). The summed E-state index contributed by atoms with van der Waals surface area (Å²) in [5.74, 6) is 0.0115. The van der Waals surface area contributed by atoms with Gasteiger partial charge in [-0.05, 0) is 38.5 Å². The second-order valence-corrected chi connectivity index (χ2v) is 6.58. The van der Waals surface area contributed by atoms with E-state index < -0.39 is 0 Å². The summed E-state index contributed by atoms with van der Waals surface area (Å²) in [5, 5.41) is 9.99. The van der Waals surface area contributed by atoms with Crippen LogP contribution in [0.15, 0.2) is 24.3 Å². The van der Waals surface area contributed by atoms with Crippen molar-refractivity contribution in [1.29, 1.82) is 5.41 Å². The van der Waals surface area contributed by atoms with Gasteiger partial charge in [0.2, 0.25) is 0 Å². The number of rotatable bonds is 3. The van der Waals surface area contributed by atoms with E-state index in [1.807, 2.05) is 0 Å². The normalized spacial score (nSPS) is 16.8. The lowest BCUT2D eigenvalue weighted by Crippen LogP contribution is -2.53. The summed E-state index contributed by atoms with van der Waals surface area (Å²) >= 11 is 0. The van der Waals surface area contributed by atoms with Gasteiger partial charge in [0, 0.05) is 44.0 Å². The Bertz CT molecular complexity index is 466. The van der Waals surface area contributed by atoms with Gasteiger partial charge in [0.05, 0.1) is 0 Å². The molecule has 1 aromatic carbocycles. The minimum Gasteiger partial charge on any atom is -0.370 e.